The summed E-state index contributed by atoms with van der Waals surface area (Å²) in [5.74, 6) is -7.89. The molecule has 1 saturated carbocycles. The van der Waals surface area contributed by atoms with Crippen molar-refractivity contribution in [3.63, 3.8) is 0 Å². The monoisotopic (exact) mass is 1770 g/mol. The molecular formula is C93H135N11O23. The van der Waals surface area contributed by atoms with E-state index in [-0.39, 0.29) is 67.6 Å². The second-order valence-electron chi connectivity index (χ2n) is 33.8. The normalized spacial score (nSPS) is 26.9. The van der Waals surface area contributed by atoms with Crippen molar-refractivity contribution < 1.29 is 110 Å². The van der Waals surface area contributed by atoms with Gasteiger partial charge >= 0.3 is 11.9 Å². The number of piperidine rings is 1. The molecule has 2 bridgehead atoms. The zero-order valence-electron chi connectivity index (χ0n) is 75.6. The molecule has 1 aliphatic carbocycles. The van der Waals surface area contributed by atoms with Crippen molar-refractivity contribution in [1.82, 2.24) is 29.6 Å². The summed E-state index contributed by atoms with van der Waals surface area (Å²) >= 11 is 0. The first-order chi connectivity index (χ1) is 61.3. The van der Waals surface area contributed by atoms with E-state index in [2.05, 4.69) is 25.0 Å². The number of hydrogen-bond acceptors (Lipinski definition) is 30. The van der Waals surface area contributed by atoms with Gasteiger partial charge in [-0.25, -0.2) is 19.4 Å². The Morgan fingerprint density at radius 3 is 2.01 bits per heavy atom. The van der Waals surface area contributed by atoms with E-state index >= 15 is 0 Å². The summed E-state index contributed by atoms with van der Waals surface area (Å²) in [6, 6.07) is 11.6. The molecule has 34 nitrogen and oxygen atoms in total. The van der Waals surface area contributed by atoms with E-state index in [4.69, 9.17) is 87.3 Å². The molecule has 9 rings (SSSR count). The largest absolute Gasteiger partial charge is 0.461 e. The second kappa shape index (κ2) is 53.4. The van der Waals surface area contributed by atoms with Crippen LogP contribution in [0.2, 0.25) is 0 Å². The lowest BCUT2D eigenvalue weighted by Gasteiger charge is -2.43. The molecule has 5 aromatic rings. The van der Waals surface area contributed by atoms with Crippen molar-refractivity contribution in [1.29, 1.82) is 0 Å². The fourth-order valence-corrected chi connectivity index (χ4v) is 16.8. The van der Waals surface area contributed by atoms with Crippen molar-refractivity contribution >= 4 is 69.2 Å². The highest BCUT2D eigenvalue weighted by Gasteiger charge is 2.53. The molecule has 700 valence electrons. The summed E-state index contributed by atoms with van der Waals surface area (Å²) in [6.07, 6.45) is 14.1. The summed E-state index contributed by atoms with van der Waals surface area (Å²) in [4.78, 5) is 101. The molecule has 1 amide bonds. The number of ether oxygens (including phenoxy) is 14. The molecule has 3 aromatic heterocycles. The van der Waals surface area contributed by atoms with Crippen LogP contribution < -0.4 is 11.5 Å². The number of azide groups is 1. The summed E-state index contributed by atoms with van der Waals surface area (Å²) in [5, 5.41) is 33.7. The molecule has 0 spiro atoms. The Labute approximate surface area is 744 Å². The third kappa shape index (κ3) is 31.5. The van der Waals surface area contributed by atoms with Crippen LogP contribution in [0.15, 0.2) is 106 Å². The number of rotatable bonds is 42. The summed E-state index contributed by atoms with van der Waals surface area (Å²) in [5.41, 5.74) is 28.7. The minimum absolute atomic E-state index is 0.00312. The number of aliphatic hydroxyl groups is 2. The van der Waals surface area contributed by atoms with Crippen molar-refractivity contribution in [2.45, 2.75) is 225 Å². The van der Waals surface area contributed by atoms with Crippen LogP contribution >= 0.6 is 0 Å². The highest BCUT2D eigenvalue weighted by Crippen LogP contribution is 2.40. The van der Waals surface area contributed by atoms with Crippen LogP contribution in [-0.4, -0.2) is 269 Å². The van der Waals surface area contributed by atoms with Crippen LogP contribution in [0.4, 0.5) is 11.8 Å². The predicted octanol–water partition coefficient (Wildman–Crippen LogP) is 11.5. The number of aliphatic hydroxyl groups excluding tert-OH is 1. The Bertz CT molecular complexity index is 4450. The van der Waals surface area contributed by atoms with Crippen LogP contribution in [-0.2, 0) is 108 Å². The zero-order chi connectivity index (χ0) is 91.2. The number of carbonyl (C=O) groups is 6. The number of nitrogen functional groups attached to an aromatic ring is 2. The van der Waals surface area contributed by atoms with Gasteiger partial charge in [-0.2, -0.15) is 10.1 Å². The Morgan fingerprint density at radius 2 is 1.36 bits per heavy atom. The number of ketones is 3. The number of cyclic esters (lactones) is 1. The van der Waals surface area contributed by atoms with Gasteiger partial charge in [0.2, 0.25) is 5.79 Å². The van der Waals surface area contributed by atoms with Gasteiger partial charge < -0.3 is 97.3 Å². The Kier molecular flexibility index (Phi) is 42.8. The molecule has 2 aromatic carbocycles. The fourth-order valence-electron chi connectivity index (χ4n) is 16.8. The SMILES string of the molecule is CO[C@H]1C[C@@H]2CC[C@@H](C)[C@@](O)(O2)C(=O)C(=O)N2CCCC[C@H]2C(=O)O[C@H]([C@H](C)C[C@@H]2CC[C@@H](OC(=O)CCCOCCOCCOCCOCCOCCOCCOCCOCCC(=O)CCc3ccc(Cn4nc(-c5ccc6oc(N)nc6c5)c5c(N)ncnc54)cc3)[C@H](OC)C2)C[C@H](N=[N+]=[N-])[C@H](C)/C=C(\C)[C@@H](O)[C@@H](OC)C(=O)[C@H](C)C[C@H](C)/C=C/C=C/C=C/1C. The van der Waals surface area contributed by atoms with Crippen molar-refractivity contribution in [2.75, 3.05) is 145 Å². The number of amides is 1. The van der Waals surface area contributed by atoms with Gasteiger partial charge in [0.25, 0.3) is 17.7 Å². The number of fused-ring (bicyclic) bond motifs is 5. The Balaban J connectivity index is 0.606. The van der Waals surface area contributed by atoms with Gasteiger partial charge in [-0.1, -0.05) is 100 Å². The number of anilines is 2. The van der Waals surface area contributed by atoms with Gasteiger partial charge in [0.15, 0.2) is 17.0 Å². The lowest BCUT2D eigenvalue weighted by molar-refractivity contribution is -0.265. The number of aromatic nitrogens is 5. The zero-order valence-corrected chi connectivity index (χ0v) is 75.6. The van der Waals surface area contributed by atoms with Gasteiger partial charge in [-0.3, -0.25) is 24.0 Å². The Morgan fingerprint density at radius 1 is 0.709 bits per heavy atom. The minimum atomic E-state index is -2.48. The molecule has 16 atom stereocenters. The molecule has 34 heteroatoms. The molecule has 6 N–H and O–H groups in total. The van der Waals surface area contributed by atoms with Crippen molar-refractivity contribution in [3.8, 4) is 11.3 Å². The van der Waals surface area contributed by atoms with E-state index < -0.39 is 102 Å². The van der Waals surface area contributed by atoms with E-state index in [1.54, 1.807) is 44.9 Å². The van der Waals surface area contributed by atoms with Crippen LogP contribution in [0, 0.1) is 35.5 Å². The van der Waals surface area contributed by atoms with E-state index in [0.717, 1.165) is 22.3 Å². The topological polar surface area (TPSA) is 446 Å². The maximum atomic E-state index is 14.9. The van der Waals surface area contributed by atoms with Crippen LogP contribution in [0.25, 0.3) is 43.8 Å². The number of methoxy groups -OCH3 is 3. The number of benzene rings is 2. The third-order valence-corrected chi connectivity index (χ3v) is 24.2. The standard InChI is InChI=1S/C93H135N11O23/c1-60-17-12-11-13-18-61(2)78(113-8)56-72-30-21-66(7)93(112,127-72)87(109)90(110)103-34-15-14-19-75(103)91(111)125-79(57-73(100-102-96)62(3)52-65(6)85(108)86(115-10)84(107)64(5)51-60)63(4)53-69-27-31-77(80(54-69)114-9)124-81(106)20-16-35-116-37-39-118-41-43-120-45-47-122-49-50-123-48-46-121-44-42-119-40-38-117-36-33-71(105)29-26-67-22-24-68(25-23-67)58-104-89-82(88(94)97-59-98-89)83(101-104)70-28-32-76-74(55-70)99-92(95)126-76/h11-13,17-18,22-25,28,32,52,55,59-60,62-64,66,69,72-73,75,77-80,85-86,108,112H,14-16,19-21,26-27,29-31,33-51,53-54,56-58H2,1-10H3,(H2,95,99)(H2,94,97,98)/b13-11+,17-12+,61-18+,65-52+/t60-,62-,63-,64-,66-,69+,72+,73+,75+,77-,78+,79+,80-,85-,86+,93-/m1/s1. The van der Waals surface area contributed by atoms with Crippen molar-refractivity contribution in [2.24, 2.45) is 40.6 Å². The molecule has 127 heavy (non-hydrogen) atoms. The summed E-state index contributed by atoms with van der Waals surface area (Å²) in [6.45, 7) is 19.4. The summed E-state index contributed by atoms with van der Waals surface area (Å²) < 4.78 is 88.7. The molecule has 3 aliphatic heterocycles. The van der Waals surface area contributed by atoms with E-state index in [1.807, 2.05) is 101 Å². The maximum Gasteiger partial charge on any atom is 0.329 e. The van der Waals surface area contributed by atoms with Gasteiger partial charge in [0.05, 0.1) is 129 Å². The quantitative estimate of drug-likeness (QED) is 0.00536. The third-order valence-electron chi connectivity index (χ3n) is 24.2. The lowest BCUT2D eigenvalue weighted by atomic mass is 9.78. The first kappa shape index (κ1) is 102. The number of nitrogens with two attached hydrogens (primary N) is 2. The molecule has 0 unspecified atom stereocenters. The van der Waals surface area contributed by atoms with E-state index in [1.165, 1.54) is 18.3 Å². The van der Waals surface area contributed by atoms with Gasteiger partial charge in [-0.05, 0) is 167 Å². The van der Waals surface area contributed by atoms with E-state index in [0.29, 0.717) is 235 Å². The number of hydrogen-bond donors (Lipinski definition) is 4. The number of allylic oxidation sites excluding steroid dienone is 5. The summed E-state index contributed by atoms with van der Waals surface area (Å²) in [7, 11) is 4.53. The highest BCUT2D eigenvalue weighted by molar-refractivity contribution is 6.39. The van der Waals surface area contributed by atoms with Gasteiger partial charge in [-0.15, -0.1) is 0 Å². The van der Waals surface area contributed by atoms with Gasteiger partial charge in [0.1, 0.15) is 59.6 Å². The molecule has 0 radical (unpaired) electrons. The minimum Gasteiger partial charge on any atom is -0.461 e. The van der Waals surface area contributed by atoms with Crippen molar-refractivity contribution in [3.05, 3.63) is 118 Å². The molecule has 4 aliphatic rings. The number of esters is 2. The van der Waals surface area contributed by atoms with Gasteiger partial charge in [0, 0.05) is 88.5 Å². The number of aryl methyl sites for hydroxylation is 1. The number of carbonyl (C=O) groups excluding carboxylic acids is 6. The number of nitrogens with zero attached hydrogens (tertiary/aromatic N) is 9. The lowest BCUT2D eigenvalue weighted by Crippen LogP contribution is -2.61. The fraction of sp³-hybridized carbons (Fsp3) is 0.656. The average molecular weight is 1780 g/mol. The predicted molar refractivity (Wildman–Crippen MR) is 473 cm³/mol. The molecule has 2 saturated heterocycles. The highest BCUT2D eigenvalue weighted by atomic mass is 16.6. The molecule has 3 fully saturated rings. The second-order valence-corrected chi connectivity index (χ2v) is 33.8. The number of Topliss-reactive ketones (excluding diaryl/α,β-unsaturated/α-hetero) is 3. The number of oxazole rings is 1. The van der Waals surface area contributed by atoms with Crippen LogP contribution in [0.1, 0.15) is 162 Å². The Hall–Kier alpha value is -8.81. The molecular weight excluding hydrogens is 1640 g/mol. The maximum absolute atomic E-state index is 14.9. The van der Waals surface area contributed by atoms with E-state index in [9.17, 15) is 44.5 Å². The molecule has 6 heterocycles. The smallest absolute Gasteiger partial charge is 0.329 e. The van der Waals surface area contributed by atoms with Crippen LogP contribution in [0.3, 0.4) is 0 Å². The first-order valence-electron chi connectivity index (χ1n) is 44.9. The van der Waals surface area contributed by atoms with Crippen LogP contribution in [0.5, 0.6) is 0 Å². The average Bonchev–Trinajstić information content (AvgIpc) is 1.64. The first-order valence-corrected chi connectivity index (χ1v) is 44.9.